The molecular weight excluding hydrogens is 358 g/mol. The zero-order valence-corrected chi connectivity index (χ0v) is 17.0. The number of halogens is 1. The molecule has 1 fully saturated rings. The van der Waals surface area contributed by atoms with Crippen molar-refractivity contribution in [3.63, 3.8) is 0 Å². The van der Waals surface area contributed by atoms with E-state index in [2.05, 4.69) is 0 Å². The van der Waals surface area contributed by atoms with Crippen molar-refractivity contribution in [1.82, 2.24) is 4.31 Å². The van der Waals surface area contributed by atoms with E-state index in [1.165, 1.54) is 5.56 Å². The summed E-state index contributed by atoms with van der Waals surface area (Å²) in [5, 5.41) is 0.713. The highest BCUT2D eigenvalue weighted by atomic mass is 35.5. The normalized spacial score (nSPS) is 23.3. The number of piperidine rings is 1. The minimum absolute atomic E-state index is 0.145. The Labute approximate surface area is 159 Å². The fourth-order valence-corrected chi connectivity index (χ4v) is 4.69. The summed E-state index contributed by atoms with van der Waals surface area (Å²) in [6.45, 7) is 8.59. The van der Waals surface area contributed by atoms with Crippen LogP contribution in [0.4, 0.5) is 0 Å². The number of ether oxygens (including phenoxy) is 1. The Balaban J connectivity index is 2.16. The molecule has 2 unspecified atom stereocenters. The average Bonchev–Trinajstić information content (AvgIpc) is 2.56. The van der Waals surface area contributed by atoms with E-state index in [9.17, 15) is 9.35 Å². The molecule has 1 heterocycles. The first-order valence-electron chi connectivity index (χ1n) is 8.82. The van der Waals surface area contributed by atoms with Crippen molar-refractivity contribution >= 4 is 28.9 Å². The van der Waals surface area contributed by atoms with E-state index in [0.717, 1.165) is 19.3 Å². The first-order valence-corrected chi connectivity index (χ1v) is 10.3. The average molecular weight is 386 g/mol. The number of hydrogen-bond acceptors (Lipinski definition) is 4. The zero-order chi connectivity index (χ0) is 18.6. The smallest absolute Gasteiger partial charge is 0.310 e. The molecule has 0 bridgehead atoms. The van der Waals surface area contributed by atoms with Gasteiger partial charge in [-0.1, -0.05) is 23.7 Å². The number of esters is 1. The van der Waals surface area contributed by atoms with E-state index >= 15 is 0 Å². The van der Waals surface area contributed by atoms with E-state index in [-0.39, 0.29) is 22.7 Å². The van der Waals surface area contributed by atoms with Crippen LogP contribution in [-0.4, -0.2) is 38.8 Å². The molecule has 1 aromatic rings. The molecule has 3 atom stereocenters. The molecule has 1 saturated heterocycles. The summed E-state index contributed by atoms with van der Waals surface area (Å²) in [7, 11) is 0. The van der Waals surface area contributed by atoms with Gasteiger partial charge in [-0.15, -0.1) is 4.31 Å². The number of nitrogens with zero attached hydrogens (tertiary/aromatic N) is 1. The Bertz CT molecular complexity index is 573. The van der Waals surface area contributed by atoms with Crippen molar-refractivity contribution < 1.29 is 14.1 Å². The van der Waals surface area contributed by atoms with Gasteiger partial charge in [0.05, 0.1) is 25.1 Å². The molecule has 4 nitrogen and oxygen atoms in total. The molecule has 1 aromatic carbocycles. The van der Waals surface area contributed by atoms with Crippen LogP contribution in [0.25, 0.3) is 0 Å². The third-order valence-electron chi connectivity index (χ3n) is 4.40. The van der Waals surface area contributed by atoms with Crippen molar-refractivity contribution in [3.8, 4) is 0 Å². The molecule has 25 heavy (non-hydrogen) atoms. The Morgan fingerprint density at radius 3 is 2.52 bits per heavy atom. The van der Waals surface area contributed by atoms with Gasteiger partial charge >= 0.3 is 5.97 Å². The van der Waals surface area contributed by atoms with Crippen molar-refractivity contribution in [3.05, 3.63) is 34.9 Å². The minimum atomic E-state index is -1.17. The van der Waals surface area contributed by atoms with E-state index in [1.54, 1.807) is 0 Å². The summed E-state index contributed by atoms with van der Waals surface area (Å²) in [6, 6.07) is 7.93. The Kier molecular flexibility index (Phi) is 7.20. The molecule has 0 aliphatic carbocycles. The van der Waals surface area contributed by atoms with Crippen molar-refractivity contribution in [2.75, 3.05) is 13.2 Å². The van der Waals surface area contributed by atoms with E-state index in [1.807, 2.05) is 56.3 Å². The molecule has 1 aliphatic rings. The summed E-state index contributed by atoms with van der Waals surface area (Å²) >= 11 is 4.79. The maximum Gasteiger partial charge on any atom is 0.310 e. The summed E-state index contributed by atoms with van der Waals surface area (Å²) < 4.78 is 19.9. The van der Waals surface area contributed by atoms with Crippen LogP contribution >= 0.6 is 11.6 Å². The molecule has 0 aromatic heterocycles. The molecule has 1 aliphatic heterocycles. The van der Waals surface area contributed by atoms with Crippen LogP contribution in [0.3, 0.4) is 0 Å². The second kappa shape index (κ2) is 8.76. The topological polar surface area (TPSA) is 52.6 Å². The van der Waals surface area contributed by atoms with E-state index < -0.39 is 11.4 Å². The quantitative estimate of drug-likeness (QED) is 0.568. The molecule has 0 spiro atoms. The first kappa shape index (κ1) is 20.6. The van der Waals surface area contributed by atoms with Crippen LogP contribution < -0.4 is 0 Å². The Morgan fingerprint density at radius 1 is 1.32 bits per heavy atom. The van der Waals surface area contributed by atoms with Gasteiger partial charge in [0.2, 0.25) is 0 Å². The van der Waals surface area contributed by atoms with Crippen molar-refractivity contribution in [2.24, 2.45) is 5.92 Å². The van der Waals surface area contributed by atoms with Gasteiger partial charge in [0.1, 0.15) is 4.75 Å². The fourth-order valence-electron chi connectivity index (χ4n) is 3.10. The summed E-state index contributed by atoms with van der Waals surface area (Å²) in [5.74, 6) is -0.379. The van der Waals surface area contributed by atoms with Crippen LogP contribution in [0.5, 0.6) is 0 Å². The van der Waals surface area contributed by atoms with Gasteiger partial charge in [-0.3, -0.25) is 4.79 Å². The predicted molar refractivity (Wildman–Crippen MR) is 103 cm³/mol. The SMILES string of the molecule is CCOC(=O)C1CCC(Cc2ccc(Cl)cc2)N([S@@+]([O-])C(C)(C)C)C1. The van der Waals surface area contributed by atoms with Crippen LogP contribution in [-0.2, 0) is 27.3 Å². The van der Waals surface area contributed by atoms with Crippen LogP contribution in [0.2, 0.25) is 5.02 Å². The highest BCUT2D eigenvalue weighted by Crippen LogP contribution is 2.32. The number of rotatable bonds is 5. The third-order valence-corrected chi connectivity index (χ3v) is 6.57. The largest absolute Gasteiger partial charge is 0.597 e. The van der Waals surface area contributed by atoms with Gasteiger partial charge in [0.25, 0.3) is 0 Å². The van der Waals surface area contributed by atoms with Gasteiger partial charge < -0.3 is 9.29 Å². The lowest BCUT2D eigenvalue weighted by Gasteiger charge is -2.41. The number of carbonyl (C=O) groups is 1. The number of benzene rings is 1. The summed E-state index contributed by atoms with van der Waals surface area (Å²) in [4.78, 5) is 12.2. The van der Waals surface area contributed by atoms with Gasteiger partial charge in [-0.25, -0.2) is 0 Å². The molecule has 2 rings (SSSR count). The Hall–Kier alpha value is -0.750. The molecule has 0 N–H and O–H groups in total. The monoisotopic (exact) mass is 385 g/mol. The lowest BCUT2D eigenvalue weighted by molar-refractivity contribution is -0.149. The van der Waals surface area contributed by atoms with Gasteiger partial charge in [0.15, 0.2) is 0 Å². The lowest BCUT2D eigenvalue weighted by Crippen LogP contribution is -2.54. The fraction of sp³-hybridized carbons (Fsp3) is 0.632. The maximum atomic E-state index is 13.1. The van der Waals surface area contributed by atoms with Gasteiger partial charge in [-0.05, 0) is 64.7 Å². The molecule has 0 saturated carbocycles. The molecule has 6 heteroatoms. The summed E-state index contributed by atoms with van der Waals surface area (Å²) in [5.41, 5.74) is 1.17. The highest BCUT2D eigenvalue weighted by molar-refractivity contribution is 7.90. The second-order valence-electron chi connectivity index (χ2n) is 7.47. The van der Waals surface area contributed by atoms with Gasteiger partial charge in [0, 0.05) is 16.4 Å². The van der Waals surface area contributed by atoms with Crippen LogP contribution in [0, 0.1) is 5.92 Å². The number of carbonyl (C=O) groups excluding carboxylic acids is 1. The molecule has 140 valence electrons. The minimum Gasteiger partial charge on any atom is -0.597 e. The van der Waals surface area contributed by atoms with E-state index in [0.29, 0.717) is 18.2 Å². The first-order chi connectivity index (χ1) is 11.7. The molecule has 0 amide bonds. The second-order valence-corrected chi connectivity index (χ2v) is 10.1. The van der Waals surface area contributed by atoms with Crippen LogP contribution in [0.1, 0.15) is 46.1 Å². The Morgan fingerprint density at radius 2 is 1.96 bits per heavy atom. The third kappa shape index (κ3) is 5.61. The highest BCUT2D eigenvalue weighted by Gasteiger charge is 2.43. The maximum absolute atomic E-state index is 13.1. The standard InChI is InChI=1S/C19H28ClNO3S/c1-5-24-18(22)15-8-11-17(12-14-6-9-16(20)10-7-14)21(13-15)25(23)19(2,3)4/h6-7,9-10,15,17H,5,8,11-13H2,1-4H3/t15?,17?,25-/m0/s1. The van der Waals surface area contributed by atoms with E-state index in [4.69, 9.17) is 16.3 Å². The zero-order valence-electron chi connectivity index (χ0n) is 15.5. The van der Waals surface area contributed by atoms with Gasteiger partial charge in [-0.2, -0.15) is 0 Å². The molecular formula is C19H28ClNO3S. The van der Waals surface area contributed by atoms with Crippen molar-refractivity contribution in [1.29, 1.82) is 0 Å². The van der Waals surface area contributed by atoms with Crippen molar-refractivity contribution in [2.45, 2.75) is 57.7 Å². The predicted octanol–water partition coefficient (Wildman–Crippen LogP) is 3.99. The number of hydrogen-bond donors (Lipinski definition) is 0. The lowest BCUT2D eigenvalue weighted by atomic mass is 9.91. The summed E-state index contributed by atoms with van der Waals surface area (Å²) in [6.07, 6.45) is 2.40. The molecule has 0 radical (unpaired) electrons. The van der Waals surface area contributed by atoms with Crippen LogP contribution in [0.15, 0.2) is 24.3 Å².